The van der Waals surface area contributed by atoms with Crippen molar-refractivity contribution in [3.05, 3.63) is 59.0 Å². The molecule has 1 spiro atoms. The van der Waals surface area contributed by atoms with Crippen molar-refractivity contribution in [3.8, 4) is 11.3 Å². The lowest BCUT2D eigenvalue weighted by Crippen LogP contribution is -2.42. The van der Waals surface area contributed by atoms with Gasteiger partial charge in [-0.15, -0.1) is 0 Å². The molecule has 1 aliphatic carbocycles. The number of aromatic nitrogens is 4. The third-order valence-electron chi connectivity index (χ3n) is 7.88. The summed E-state index contributed by atoms with van der Waals surface area (Å²) in [6.45, 7) is 5.22. The SMILES string of the molecule is CC(C)c1cc(C(=O)NC2CCC3(CC2)CCN(C(=O)c2cc(-c4ccccc4C(F)(F)F)n[nH]2)C3)n[nH]1. The molecule has 38 heavy (non-hydrogen) atoms. The Morgan fingerprint density at radius 2 is 1.82 bits per heavy atom. The van der Waals surface area contributed by atoms with Gasteiger partial charge < -0.3 is 10.2 Å². The minimum atomic E-state index is -4.52. The first-order valence-corrected chi connectivity index (χ1v) is 12.9. The molecule has 1 aliphatic heterocycles. The van der Waals surface area contributed by atoms with Crippen molar-refractivity contribution in [2.75, 3.05) is 13.1 Å². The Balaban J connectivity index is 1.18. The molecule has 11 heteroatoms. The number of hydrogen-bond donors (Lipinski definition) is 3. The summed E-state index contributed by atoms with van der Waals surface area (Å²) in [4.78, 5) is 27.6. The Kier molecular flexibility index (Phi) is 6.79. The van der Waals surface area contributed by atoms with Gasteiger partial charge in [-0.3, -0.25) is 19.8 Å². The van der Waals surface area contributed by atoms with Crippen LogP contribution < -0.4 is 5.32 Å². The second kappa shape index (κ2) is 9.92. The number of carbonyl (C=O) groups excluding carboxylic acids is 2. The van der Waals surface area contributed by atoms with E-state index in [9.17, 15) is 22.8 Å². The van der Waals surface area contributed by atoms with E-state index in [2.05, 4.69) is 25.7 Å². The van der Waals surface area contributed by atoms with Crippen molar-refractivity contribution in [2.24, 2.45) is 5.41 Å². The summed E-state index contributed by atoms with van der Waals surface area (Å²) < 4.78 is 40.3. The Morgan fingerprint density at radius 1 is 1.08 bits per heavy atom. The molecule has 2 amide bonds. The quantitative estimate of drug-likeness (QED) is 0.426. The van der Waals surface area contributed by atoms with Gasteiger partial charge in [0, 0.05) is 30.4 Å². The largest absolute Gasteiger partial charge is 0.417 e. The molecule has 5 rings (SSSR count). The van der Waals surface area contributed by atoms with E-state index in [0.29, 0.717) is 18.8 Å². The van der Waals surface area contributed by atoms with Gasteiger partial charge in [0.05, 0.1) is 11.3 Å². The van der Waals surface area contributed by atoms with Crippen molar-refractivity contribution < 1.29 is 22.8 Å². The minimum Gasteiger partial charge on any atom is -0.348 e. The summed E-state index contributed by atoms with van der Waals surface area (Å²) in [5.74, 6) is -0.185. The highest BCUT2D eigenvalue weighted by Crippen LogP contribution is 2.44. The standard InChI is InChI=1S/C27H31F3N6O2/c1-16(2)20-13-22(34-32-20)24(37)31-17-7-9-26(10-8-17)11-12-36(15-26)25(38)23-14-21(33-35-23)18-5-3-4-6-19(18)27(28,29)30/h3-6,13-14,16-17H,7-12,15H2,1-2H3,(H,31,37)(H,32,34)(H,33,35). The van der Waals surface area contributed by atoms with Crippen LogP contribution in [0.25, 0.3) is 11.3 Å². The fourth-order valence-electron chi connectivity index (χ4n) is 5.59. The third-order valence-corrected chi connectivity index (χ3v) is 7.88. The lowest BCUT2D eigenvalue weighted by molar-refractivity contribution is -0.137. The number of nitrogens with one attached hydrogen (secondary N) is 3. The van der Waals surface area contributed by atoms with Crippen LogP contribution in [0.5, 0.6) is 0 Å². The van der Waals surface area contributed by atoms with Crippen LogP contribution in [0.15, 0.2) is 36.4 Å². The normalized spacial score (nSPS) is 21.8. The number of rotatable bonds is 5. The average molecular weight is 529 g/mol. The van der Waals surface area contributed by atoms with E-state index in [1.54, 1.807) is 11.0 Å². The summed E-state index contributed by atoms with van der Waals surface area (Å²) in [7, 11) is 0. The molecule has 2 fully saturated rings. The van der Waals surface area contributed by atoms with Gasteiger partial charge in [-0.1, -0.05) is 32.0 Å². The van der Waals surface area contributed by atoms with E-state index in [1.165, 1.54) is 24.3 Å². The maximum atomic E-state index is 13.4. The zero-order valence-corrected chi connectivity index (χ0v) is 21.4. The molecule has 2 aromatic heterocycles. The van der Waals surface area contributed by atoms with Crippen molar-refractivity contribution in [1.29, 1.82) is 0 Å². The molecular formula is C27H31F3N6O2. The van der Waals surface area contributed by atoms with Crippen LogP contribution in [0.2, 0.25) is 0 Å². The number of nitrogens with zero attached hydrogens (tertiary/aromatic N) is 3. The van der Waals surface area contributed by atoms with Gasteiger partial charge in [0.2, 0.25) is 0 Å². The molecule has 8 nitrogen and oxygen atoms in total. The van der Waals surface area contributed by atoms with Crippen molar-refractivity contribution in [1.82, 2.24) is 30.6 Å². The fourth-order valence-corrected chi connectivity index (χ4v) is 5.59. The molecule has 1 saturated heterocycles. The van der Waals surface area contributed by atoms with Crippen LogP contribution in [-0.2, 0) is 6.18 Å². The van der Waals surface area contributed by atoms with Crippen LogP contribution in [0, 0.1) is 5.41 Å². The Hall–Kier alpha value is -3.63. The predicted molar refractivity (Wildman–Crippen MR) is 134 cm³/mol. The molecular weight excluding hydrogens is 497 g/mol. The number of amides is 2. The first-order valence-electron chi connectivity index (χ1n) is 12.9. The van der Waals surface area contributed by atoms with Crippen molar-refractivity contribution in [2.45, 2.75) is 64.1 Å². The number of hydrogen-bond acceptors (Lipinski definition) is 4. The molecule has 1 aromatic carbocycles. The van der Waals surface area contributed by atoms with E-state index >= 15 is 0 Å². The highest BCUT2D eigenvalue weighted by molar-refractivity contribution is 5.94. The van der Waals surface area contributed by atoms with Gasteiger partial charge >= 0.3 is 6.18 Å². The topological polar surface area (TPSA) is 107 Å². The highest BCUT2D eigenvalue weighted by Gasteiger charge is 2.43. The number of aromatic amines is 2. The smallest absolute Gasteiger partial charge is 0.348 e. The number of likely N-dealkylation sites (tertiary alicyclic amines) is 1. The van der Waals surface area contributed by atoms with Crippen molar-refractivity contribution >= 4 is 11.8 Å². The zero-order valence-electron chi connectivity index (χ0n) is 21.4. The molecule has 202 valence electrons. The molecule has 2 aliphatic rings. The summed E-state index contributed by atoms with van der Waals surface area (Å²) in [5, 5.41) is 16.8. The molecule has 3 N–H and O–H groups in total. The minimum absolute atomic E-state index is 0.0141. The van der Waals surface area contributed by atoms with Crippen LogP contribution in [0.3, 0.4) is 0 Å². The molecule has 0 atom stereocenters. The first-order chi connectivity index (χ1) is 18.0. The van der Waals surface area contributed by atoms with Crippen LogP contribution >= 0.6 is 0 Å². The third kappa shape index (κ3) is 5.19. The number of H-pyrrole nitrogens is 2. The van der Waals surface area contributed by atoms with Crippen LogP contribution in [-0.4, -0.2) is 56.2 Å². The van der Waals surface area contributed by atoms with Crippen LogP contribution in [0.1, 0.15) is 84.1 Å². The summed E-state index contributed by atoms with van der Waals surface area (Å²) >= 11 is 0. The summed E-state index contributed by atoms with van der Waals surface area (Å²) in [6.07, 6.45) is -0.266. The zero-order chi connectivity index (χ0) is 27.1. The molecule has 0 bridgehead atoms. The van der Waals surface area contributed by atoms with Gasteiger partial charge in [-0.25, -0.2) is 0 Å². The van der Waals surface area contributed by atoms with Crippen LogP contribution in [0.4, 0.5) is 13.2 Å². The first kappa shape index (κ1) is 26.0. The molecule has 3 heterocycles. The van der Waals surface area contributed by atoms with E-state index in [4.69, 9.17) is 0 Å². The second-order valence-corrected chi connectivity index (χ2v) is 10.8. The molecule has 0 unspecified atom stereocenters. The maximum absolute atomic E-state index is 13.4. The van der Waals surface area contributed by atoms with E-state index < -0.39 is 11.7 Å². The van der Waals surface area contributed by atoms with Crippen molar-refractivity contribution in [3.63, 3.8) is 0 Å². The summed E-state index contributed by atoms with van der Waals surface area (Å²) in [6, 6.07) is 8.44. The number of benzene rings is 1. The Morgan fingerprint density at radius 3 is 2.50 bits per heavy atom. The molecule has 1 saturated carbocycles. The average Bonchev–Trinajstić information content (AvgIpc) is 3.65. The lowest BCUT2D eigenvalue weighted by Gasteiger charge is -2.37. The lowest BCUT2D eigenvalue weighted by atomic mass is 9.72. The fraction of sp³-hybridized carbons (Fsp3) is 0.481. The number of carbonyl (C=O) groups is 2. The Labute approximate surface area is 218 Å². The molecule has 0 radical (unpaired) electrons. The molecule has 3 aromatic rings. The second-order valence-electron chi connectivity index (χ2n) is 10.8. The van der Waals surface area contributed by atoms with Gasteiger partial charge in [0.15, 0.2) is 0 Å². The van der Waals surface area contributed by atoms with Gasteiger partial charge in [0.25, 0.3) is 11.8 Å². The monoisotopic (exact) mass is 528 g/mol. The predicted octanol–water partition coefficient (Wildman–Crippen LogP) is 5.15. The van der Waals surface area contributed by atoms with Gasteiger partial charge in [0.1, 0.15) is 11.4 Å². The maximum Gasteiger partial charge on any atom is 0.417 e. The highest BCUT2D eigenvalue weighted by atomic mass is 19.4. The number of alkyl halides is 3. The summed E-state index contributed by atoms with van der Waals surface area (Å²) in [5.41, 5.74) is 0.704. The number of halogens is 3. The van der Waals surface area contributed by atoms with E-state index in [0.717, 1.165) is 43.9 Å². The van der Waals surface area contributed by atoms with E-state index in [-0.39, 0.29) is 46.1 Å². The van der Waals surface area contributed by atoms with Gasteiger partial charge in [-0.05, 0) is 61.6 Å². The van der Waals surface area contributed by atoms with Gasteiger partial charge in [-0.2, -0.15) is 23.4 Å². The Bertz CT molecular complexity index is 1320. The van der Waals surface area contributed by atoms with E-state index in [1.807, 2.05) is 13.8 Å².